The molecule has 1 heterocycles. The number of esters is 1. The Morgan fingerprint density at radius 3 is 2.73 bits per heavy atom. The SMILES string of the molecule is CCOC(=O)C1(N)CCCN(CC)CC1. The number of rotatable bonds is 3. The number of hydrogen-bond acceptors (Lipinski definition) is 4. The molecule has 4 heteroatoms. The fourth-order valence-electron chi connectivity index (χ4n) is 2.01. The standard InChI is InChI=1S/C11H22N2O2/c1-3-13-8-5-6-11(12,7-9-13)10(14)15-4-2/h3-9,12H2,1-2H3. The highest BCUT2D eigenvalue weighted by Crippen LogP contribution is 2.21. The lowest BCUT2D eigenvalue weighted by Gasteiger charge is -2.25. The number of likely N-dealkylation sites (tertiary alicyclic amines) is 1. The number of carbonyl (C=O) groups is 1. The van der Waals surface area contributed by atoms with Crippen molar-refractivity contribution >= 4 is 5.97 Å². The summed E-state index contributed by atoms with van der Waals surface area (Å²) in [5.74, 6) is -0.233. The maximum absolute atomic E-state index is 11.7. The van der Waals surface area contributed by atoms with Gasteiger partial charge >= 0.3 is 5.97 Å². The molecule has 0 aromatic heterocycles. The summed E-state index contributed by atoms with van der Waals surface area (Å²) in [5, 5.41) is 0. The highest BCUT2D eigenvalue weighted by atomic mass is 16.5. The van der Waals surface area contributed by atoms with E-state index in [4.69, 9.17) is 10.5 Å². The van der Waals surface area contributed by atoms with Crippen LogP contribution in [-0.2, 0) is 9.53 Å². The van der Waals surface area contributed by atoms with Gasteiger partial charge in [-0.3, -0.25) is 4.79 Å². The van der Waals surface area contributed by atoms with E-state index in [-0.39, 0.29) is 5.97 Å². The molecule has 1 saturated heterocycles. The molecule has 0 spiro atoms. The van der Waals surface area contributed by atoms with E-state index in [1.165, 1.54) is 0 Å². The lowest BCUT2D eigenvalue weighted by molar-refractivity contribution is -0.150. The van der Waals surface area contributed by atoms with Crippen molar-refractivity contribution in [1.82, 2.24) is 4.90 Å². The van der Waals surface area contributed by atoms with Gasteiger partial charge in [-0.05, 0) is 39.3 Å². The van der Waals surface area contributed by atoms with Gasteiger partial charge in [-0.25, -0.2) is 0 Å². The molecule has 1 fully saturated rings. The third-order valence-corrected chi connectivity index (χ3v) is 3.10. The molecule has 1 aliphatic rings. The molecule has 4 nitrogen and oxygen atoms in total. The summed E-state index contributed by atoms with van der Waals surface area (Å²) < 4.78 is 5.03. The lowest BCUT2D eigenvalue weighted by atomic mass is 9.92. The largest absolute Gasteiger partial charge is 0.465 e. The molecule has 0 saturated carbocycles. The first-order chi connectivity index (χ1) is 7.12. The molecule has 1 aliphatic heterocycles. The number of ether oxygens (including phenoxy) is 1. The van der Waals surface area contributed by atoms with E-state index in [2.05, 4.69) is 11.8 Å². The summed E-state index contributed by atoms with van der Waals surface area (Å²) in [5.41, 5.74) is 5.35. The van der Waals surface area contributed by atoms with Gasteiger partial charge in [0, 0.05) is 6.54 Å². The van der Waals surface area contributed by atoms with E-state index in [0.29, 0.717) is 13.0 Å². The van der Waals surface area contributed by atoms with Gasteiger partial charge in [0.1, 0.15) is 5.54 Å². The summed E-state index contributed by atoms with van der Waals surface area (Å²) >= 11 is 0. The summed E-state index contributed by atoms with van der Waals surface area (Å²) in [7, 11) is 0. The summed E-state index contributed by atoms with van der Waals surface area (Å²) in [6, 6.07) is 0. The minimum Gasteiger partial charge on any atom is -0.465 e. The summed E-state index contributed by atoms with van der Waals surface area (Å²) in [6.07, 6.45) is 2.42. The molecule has 0 radical (unpaired) electrons. The normalized spacial score (nSPS) is 28.5. The van der Waals surface area contributed by atoms with Crippen LogP contribution in [0.25, 0.3) is 0 Å². The van der Waals surface area contributed by atoms with Crippen molar-refractivity contribution < 1.29 is 9.53 Å². The summed E-state index contributed by atoms with van der Waals surface area (Å²) in [6.45, 7) is 7.32. The van der Waals surface area contributed by atoms with Crippen molar-refractivity contribution in [3.05, 3.63) is 0 Å². The molecule has 1 atom stereocenters. The van der Waals surface area contributed by atoms with E-state index < -0.39 is 5.54 Å². The smallest absolute Gasteiger partial charge is 0.326 e. The van der Waals surface area contributed by atoms with Crippen LogP contribution in [0.15, 0.2) is 0 Å². The highest BCUT2D eigenvalue weighted by molar-refractivity contribution is 5.80. The zero-order valence-electron chi connectivity index (χ0n) is 9.79. The van der Waals surface area contributed by atoms with Gasteiger partial charge in [-0.1, -0.05) is 6.92 Å². The van der Waals surface area contributed by atoms with Crippen molar-refractivity contribution in [1.29, 1.82) is 0 Å². The van der Waals surface area contributed by atoms with Crippen LogP contribution in [0.1, 0.15) is 33.1 Å². The average Bonchev–Trinajstić information content (AvgIpc) is 2.41. The minimum atomic E-state index is -0.750. The molecule has 88 valence electrons. The van der Waals surface area contributed by atoms with Gasteiger partial charge in [0.2, 0.25) is 0 Å². The Bertz CT molecular complexity index is 221. The first-order valence-corrected chi connectivity index (χ1v) is 5.81. The van der Waals surface area contributed by atoms with Crippen LogP contribution in [0, 0.1) is 0 Å². The molecule has 1 rings (SSSR count). The fraction of sp³-hybridized carbons (Fsp3) is 0.909. The second-order valence-electron chi connectivity index (χ2n) is 4.16. The van der Waals surface area contributed by atoms with Gasteiger partial charge in [0.05, 0.1) is 6.61 Å². The Morgan fingerprint density at radius 2 is 2.13 bits per heavy atom. The maximum atomic E-state index is 11.7. The number of nitrogens with two attached hydrogens (primary N) is 1. The minimum absolute atomic E-state index is 0.233. The van der Waals surface area contributed by atoms with Crippen LogP contribution >= 0.6 is 0 Å². The zero-order chi connectivity index (χ0) is 11.3. The molecule has 0 aliphatic carbocycles. The van der Waals surface area contributed by atoms with Crippen LogP contribution in [0.5, 0.6) is 0 Å². The second kappa shape index (κ2) is 5.47. The zero-order valence-corrected chi connectivity index (χ0v) is 9.79. The molecule has 0 aromatic carbocycles. The Morgan fingerprint density at radius 1 is 1.40 bits per heavy atom. The van der Waals surface area contributed by atoms with Crippen molar-refractivity contribution in [3.8, 4) is 0 Å². The Balaban J connectivity index is 2.57. The molecule has 0 aromatic rings. The van der Waals surface area contributed by atoms with E-state index in [0.717, 1.165) is 32.5 Å². The van der Waals surface area contributed by atoms with Crippen molar-refractivity contribution in [2.75, 3.05) is 26.2 Å². The number of nitrogens with zero attached hydrogens (tertiary/aromatic N) is 1. The topological polar surface area (TPSA) is 55.6 Å². The van der Waals surface area contributed by atoms with Crippen molar-refractivity contribution in [2.24, 2.45) is 5.73 Å². The van der Waals surface area contributed by atoms with Crippen LogP contribution in [0.4, 0.5) is 0 Å². The Labute approximate surface area is 91.8 Å². The first kappa shape index (κ1) is 12.5. The monoisotopic (exact) mass is 214 g/mol. The molecule has 15 heavy (non-hydrogen) atoms. The van der Waals surface area contributed by atoms with Gasteiger partial charge in [0.15, 0.2) is 0 Å². The number of carbonyl (C=O) groups excluding carboxylic acids is 1. The third-order valence-electron chi connectivity index (χ3n) is 3.10. The van der Waals surface area contributed by atoms with Crippen molar-refractivity contribution in [3.63, 3.8) is 0 Å². The van der Waals surface area contributed by atoms with E-state index in [1.54, 1.807) is 0 Å². The highest BCUT2D eigenvalue weighted by Gasteiger charge is 2.36. The van der Waals surface area contributed by atoms with E-state index in [1.807, 2.05) is 6.92 Å². The van der Waals surface area contributed by atoms with Gasteiger partial charge in [-0.2, -0.15) is 0 Å². The molecule has 2 N–H and O–H groups in total. The molecular weight excluding hydrogens is 192 g/mol. The van der Waals surface area contributed by atoms with Gasteiger partial charge in [0.25, 0.3) is 0 Å². The predicted molar refractivity (Wildman–Crippen MR) is 59.5 cm³/mol. The predicted octanol–water partition coefficient (Wildman–Crippen LogP) is 0.753. The summed E-state index contributed by atoms with van der Waals surface area (Å²) in [4.78, 5) is 14.0. The Hall–Kier alpha value is -0.610. The van der Waals surface area contributed by atoms with Gasteiger partial charge in [-0.15, -0.1) is 0 Å². The second-order valence-corrected chi connectivity index (χ2v) is 4.16. The number of hydrogen-bond donors (Lipinski definition) is 1. The molecule has 0 bridgehead atoms. The third kappa shape index (κ3) is 3.18. The molecule has 0 amide bonds. The average molecular weight is 214 g/mol. The van der Waals surface area contributed by atoms with E-state index in [9.17, 15) is 4.79 Å². The quantitative estimate of drug-likeness (QED) is 0.704. The molecule has 1 unspecified atom stereocenters. The van der Waals surface area contributed by atoms with Gasteiger partial charge < -0.3 is 15.4 Å². The van der Waals surface area contributed by atoms with Crippen LogP contribution < -0.4 is 5.73 Å². The van der Waals surface area contributed by atoms with Crippen LogP contribution in [0.3, 0.4) is 0 Å². The fourth-order valence-corrected chi connectivity index (χ4v) is 2.01. The van der Waals surface area contributed by atoms with Crippen LogP contribution in [-0.4, -0.2) is 42.6 Å². The molecular formula is C11H22N2O2. The maximum Gasteiger partial charge on any atom is 0.326 e. The first-order valence-electron chi connectivity index (χ1n) is 5.81. The van der Waals surface area contributed by atoms with Crippen LogP contribution in [0.2, 0.25) is 0 Å². The van der Waals surface area contributed by atoms with Crippen molar-refractivity contribution in [2.45, 2.75) is 38.6 Å². The van der Waals surface area contributed by atoms with E-state index >= 15 is 0 Å². The lowest BCUT2D eigenvalue weighted by Crippen LogP contribution is -2.49. The Kier molecular flexibility index (Phi) is 4.54.